The molecule has 0 bridgehead atoms. The van der Waals surface area contributed by atoms with Crippen LogP contribution >= 0.6 is 0 Å². The van der Waals surface area contributed by atoms with Crippen LogP contribution < -0.4 is 25.1 Å². The molecular weight excluding hydrogens is 422 g/mol. The standard InChI is InChI=1S/C25H31N3O5/c1-18-8-10-19(11-9-18)33-14-5-4-12-26-24(29)7-6-13-28-17-27-21-16-23(32-3)22(31-2)15-20(21)25(28)30/h8-11,15-17H,4-7,12-14H2,1-3H3,(H,26,29). The third-order valence-corrected chi connectivity index (χ3v) is 5.32. The number of nitrogens with one attached hydrogen (secondary N) is 1. The Morgan fingerprint density at radius 3 is 2.48 bits per heavy atom. The van der Waals surface area contributed by atoms with Crippen LogP contribution in [0.25, 0.3) is 10.9 Å². The molecule has 0 radical (unpaired) electrons. The Bertz CT molecular complexity index is 1130. The maximum Gasteiger partial charge on any atom is 0.261 e. The molecule has 8 nitrogen and oxygen atoms in total. The van der Waals surface area contributed by atoms with Gasteiger partial charge in [-0.3, -0.25) is 14.2 Å². The molecule has 0 aliphatic rings. The van der Waals surface area contributed by atoms with Crippen molar-refractivity contribution in [1.82, 2.24) is 14.9 Å². The van der Waals surface area contributed by atoms with Gasteiger partial charge in [0.15, 0.2) is 11.5 Å². The fraction of sp³-hybridized carbons (Fsp3) is 0.400. The summed E-state index contributed by atoms with van der Waals surface area (Å²) in [6, 6.07) is 11.3. The van der Waals surface area contributed by atoms with E-state index in [4.69, 9.17) is 14.2 Å². The lowest BCUT2D eigenvalue weighted by Crippen LogP contribution is -2.26. The highest BCUT2D eigenvalue weighted by atomic mass is 16.5. The van der Waals surface area contributed by atoms with Crippen LogP contribution in [0.4, 0.5) is 0 Å². The summed E-state index contributed by atoms with van der Waals surface area (Å²) in [7, 11) is 3.06. The summed E-state index contributed by atoms with van der Waals surface area (Å²) in [5.41, 5.74) is 1.57. The highest BCUT2D eigenvalue weighted by molar-refractivity contribution is 5.81. The van der Waals surface area contributed by atoms with E-state index < -0.39 is 0 Å². The minimum Gasteiger partial charge on any atom is -0.494 e. The van der Waals surface area contributed by atoms with E-state index in [1.54, 1.807) is 12.1 Å². The fourth-order valence-corrected chi connectivity index (χ4v) is 3.42. The largest absolute Gasteiger partial charge is 0.494 e. The zero-order valence-corrected chi connectivity index (χ0v) is 19.4. The van der Waals surface area contributed by atoms with E-state index in [1.165, 1.54) is 30.7 Å². The van der Waals surface area contributed by atoms with Crippen molar-refractivity contribution in [2.24, 2.45) is 0 Å². The van der Waals surface area contributed by atoms with Crippen molar-refractivity contribution in [2.75, 3.05) is 27.4 Å². The summed E-state index contributed by atoms with van der Waals surface area (Å²) in [5.74, 6) is 1.83. The first-order chi connectivity index (χ1) is 16.0. The van der Waals surface area contributed by atoms with Crippen LogP contribution in [0.15, 0.2) is 47.5 Å². The average molecular weight is 454 g/mol. The van der Waals surface area contributed by atoms with Crippen molar-refractivity contribution in [3.05, 3.63) is 58.6 Å². The molecule has 0 aliphatic carbocycles. The number of benzene rings is 2. The van der Waals surface area contributed by atoms with Crippen molar-refractivity contribution in [1.29, 1.82) is 0 Å². The highest BCUT2D eigenvalue weighted by Gasteiger charge is 2.11. The Labute approximate surface area is 193 Å². The minimum atomic E-state index is -0.171. The number of rotatable bonds is 12. The second-order valence-corrected chi connectivity index (χ2v) is 7.79. The van der Waals surface area contributed by atoms with E-state index >= 15 is 0 Å². The van der Waals surface area contributed by atoms with E-state index in [2.05, 4.69) is 10.3 Å². The molecular formula is C25H31N3O5. The molecule has 2 aromatic carbocycles. The number of amides is 1. The monoisotopic (exact) mass is 453 g/mol. The number of carbonyl (C=O) groups excluding carboxylic acids is 1. The van der Waals surface area contributed by atoms with Gasteiger partial charge >= 0.3 is 0 Å². The van der Waals surface area contributed by atoms with Crippen molar-refractivity contribution in [3.63, 3.8) is 0 Å². The number of methoxy groups -OCH3 is 2. The number of carbonyl (C=O) groups is 1. The van der Waals surface area contributed by atoms with Gasteiger partial charge in [-0.1, -0.05) is 17.7 Å². The van der Waals surface area contributed by atoms with Gasteiger partial charge in [0.1, 0.15) is 5.75 Å². The molecule has 0 aliphatic heterocycles. The number of unbranched alkanes of at least 4 members (excludes halogenated alkanes) is 1. The van der Waals surface area contributed by atoms with E-state index in [-0.39, 0.29) is 11.5 Å². The molecule has 1 N–H and O–H groups in total. The molecule has 0 atom stereocenters. The smallest absolute Gasteiger partial charge is 0.261 e. The van der Waals surface area contributed by atoms with Crippen LogP contribution in [0.1, 0.15) is 31.2 Å². The number of aromatic nitrogens is 2. The maximum absolute atomic E-state index is 12.8. The molecule has 0 spiro atoms. The van der Waals surface area contributed by atoms with Crippen molar-refractivity contribution >= 4 is 16.8 Å². The van der Waals surface area contributed by atoms with Gasteiger partial charge < -0.3 is 19.5 Å². The Morgan fingerprint density at radius 1 is 1.03 bits per heavy atom. The van der Waals surface area contributed by atoms with Gasteiger partial charge in [-0.2, -0.15) is 0 Å². The highest BCUT2D eigenvalue weighted by Crippen LogP contribution is 2.29. The SMILES string of the molecule is COc1cc2ncn(CCCC(=O)NCCCCOc3ccc(C)cc3)c(=O)c2cc1OC. The Morgan fingerprint density at radius 2 is 1.76 bits per heavy atom. The molecule has 1 heterocycles. The van der Waals surface area contributed by atoms with Crippen molar-refractivity contribution in [3.8, 4) is 17.2 Å². The molecule has 33 heavy (non-hydrogen) atoms. The Kier molecular flexibility index (Phi) is 8.69. The summed E-state index contributed by atoms with van der Waals surface area (Å²) < 4.78 is 17.7. The number of ether oxygens (including phenoxy) is 3. The van der Waals surface area contributed by atoms with Crippen LogP contribution in [0.2, 0.25) is 0 Å². The van der Waals surface area contributed by atoms with Gasteiger partial charge in [0, 0.05) is 25.6 Å². The molecule has 1 amide bonds. The molecule has 1 aromatic heterocycles. The molecule has 0 saturated carbocycles. The molecule has 0 fully saturated rings. The molecule has 3 rings (SSSR count). The zero-order chi connectivity index (χ0) is 23.6. The summed E-state index contributed by atoms with van der Waals surface area (Å²) in [5, 5.41) is 3.37. The van der Waals surface area contributed by atoms with Crippen LogP contribution in [-0.2, 0) is 11.3 Å². The number of aryl methyl sites for hydroxylation is 2. The van der Waals surface area contributed by atoms with E-state index in [0.29, 0.717) is 54.9 Å². The molecule has 176 valence electrons. The van der Waals surface area contributed by atoms with Crippen molar-refractivity contribution < 1.29 is 19.0 Å². The number of hydrogen-bond acceptors (Lipinski definition) is 6. The molecule has 0 saturated heterocycles. The molecule has 8 heteroatoms. The number of hydrogen-bond donors (Lipinski definition) is 1. The van der Waals surface area contributed by atoms with Crippen LogP contribution in [0.5, 0.6) is 17.2 Å². The average Bonchev–Trinajstić information content (AvgIpc) is 2.83. The second kappa shape index (κ2) is 11.9. The van der Waals surface area contributed by atoms with Crippen LogP contribution in [-0.4, -0.2) is 42.8 Å². The Hall–Kier alpha value is -3.55. The second-order valence-electron chi connectivity index (χ2n) is 7.79. The summed E-state index contributed by atoms with van der Waals surface area (Å²) in [6.45, 7) is 3.68. The first-order valence-electron chi connectivity index (χ1n) is 11.1. The Balaban J connectivity index is 1.38. The number of nitrogens with zero attached hydrogens (tertiary/aromatic N) is 2. The lowest BCUT2D eigenvalue weighted by molar-refractivity contribution is -0.121. The third kappa shape index (κ3) is 6.71. The summed E-state index contributed by atoms with van der Waals surface area (Å²) in [6.07, 6.45) is 4.10. The van der Waals surface area contributed by atoms with Gasteiger partial charge in [-0.25, -0.2) is 4.98 Å². The predicted octanol–water partition coefficient (Wildman–Crippen LogP) is 3.48. The van der Waals surface area contributed by atoms with Gasteiger partial charge in [-0.15, -0.1) is 0 Å². The van der Waals surface area contributed by atoms with Gasteiger partial charge in [-0.05, 0) is 44.4 Å². The van der Waals surface area contributed by atoms with E-state index in [1.807, 2.05) is 31.2 Å². The van der Waals surface area contributed by atoms with E-state index in [9.17, 15) is 9.59 Å². The quantitative estimate of drug-likeness (QED) is 0.422. The fourth-order valence-electron chi connectivity index (χ4n) is 3.42. The van der Waals surface area contributed by atoms with Crippen molar-refractivity contribution in [2.45, 2.75) is 39.2 Å². The minimum absolute atomic E-state index is 0.0253. The van der Waals surface area contributed by atoms with E-state index in [0.717, 1.165) is 18.6 Å². The maximum atomic E-state index is 12.8. The zero-order valence-electron chi connectivity index (χ0n) is 19.4. The lowest BCUT2D eigenvalue weighted by atomic mass is 10.2. The lowest BCUT2D eigenvalue weighted by Gasteiger charge is -2.11. The molecule has 0 unspecified atom stereocenters. The first kappa shape index (κ1) is 24.1. The first-order valence-corrected chi connectivity index (χ1v) is 11.1. The van der Waals surface area contributed by atoms with Crippen LogP contribution in [0.3, 0.4) is 0 Å². The normalized spacial score (nSPS) is 10.8. The summed E-state index contributed by atoms with van der Waals surface area (Å²) >= 11 is 0. The third-order valence-electron chi connectivity index (χ3n) is 5.32. The number of fused-ring (bicyclic) bond motifs is 1. The van der Waals surface area contributed by atoms with Gasteiger partial charge in [0.2, 0.25) is 5.91 Å². The van der Waals surface area contributed by atoms with Gasteiger partial charge in [0.05, 0.1) is 38.1 Å². The molecule has 3 aromatic rings. The van der Waals surface area contributed by atoms with Gasteiger partial charge in [0.25, 0.3) is 5.56 Å². The van der Waals surface area contributed by atoms with Crippen LogP contribution in [0, 0.1) is 6.92 Å². The topological polar surface area (TPSA) is 91.7 Å². The predicted molar refractivity (Wildman–Crippen MR) is 127 cm³/mol. The summed E-state index contributed by atoms with van der Waals surface area (Å²) in [4.78, 5) is 29.2.